The Morgan fingerprint density at radius 2 is 1.92 bits per heavy atom. The summed E-state index contributed by atoms with van der Waals surface area (Å²) >= 11 is 0. The van der Waals surface area contributed by atoms with Crippen molar-refractivity contribution in [2.45, 2.75) is 52.4 Å². The molecule has 0 aliphatic rings. The molecule has 1 unspecified atom stereocenters. The Morgan fingerprint density at radius 3 is 2.46 bits per heavy atom. The molecular formula is C13H24. The fourth-order valence-corrected chi connectivity index (χ4v) is 1.34. The van der Waals surface area contributed by atoms with Crippen molar-refractivity contribution in [2.24, 2.45) is 5.92 Å². The molecule has 0 rings (SSSR count). The van der Waals surface area contributed by atoms with E-state index in [1.165, 1.54) is 38.5 Å². The zero-order chi connectivity index (χ0) is 9.94. The van der Waals surface area contributed by atoms with Gasteiger partial charge in [0.15, 0.2) is 0 Å². The van der Waals surface area contributed by atoms with Gasteiger partial charge in [0.05, 0.1) is 0 Å². The second-order valence-electron chi connectivity index (χ2n) is 3.59. The van der Waals surface area contributed by atoms with Crippen molar-refractivity contribution in [3.05, 3.63) is 24.8 Å². The summed E-state index contributed by atoms with van der Waals surface area (Å²) in [5, 5.41) is 0. The second-order valence-corrected chi connectivity index (χ2v) is 3.59. The Bertz CT molecular complexity index is 133. The van der Waals surface area contributed by atoms with Gasteiger partial charge in [-0.25, -0.2) is 0 Å². The topological polar surface area (TPSA) is 0 Å². The van der Waals surface area contributed by atoms with Crippen LogP contribution >= 0.6 is 0 Å². The van der Waals surface area contributed by atoms with Crippen LogP contribution in [0, 0.1) is 5.92 Å². The van der Waals surface area contributed by atoms with Crippen molar-refractivity contribution in [2.75, 3.05) is 0 Å². The molecule has 0 aromatic rings. The van der Waals surface area contributed by atoms with E-state index in [0.717, 1.165) is 0 Å². The molecule has 0 fully saturated rings. The highest BCUT2D eigenvalue weighted by atomic mass is 14.0. The van der Waals surface area contributed by atoms with Crippen molar-refractivity contribution in [1.29, 1.82) is 0 Å². The predicted molar refractivity (Wildman–Crippen MR) is 61.9 cm³/mol. The Labute approximate surface area is 83.7 Å². The maximum absolute atomic E-state index is 3.81. The highest BCUT2D eigenvalue weighted by molar-refractivity contribution is 4.96. The molecule has 0 heteroatoms. The summed E-state index contributed by atoms with van der Waals surface area (Å²) in [6.07, 6.45) is 14.5. The molecule has 0 nitrogen and oxygen atoms in total. The smallest absolute Gasteiger partial charge is 0.00588 e. The van der Waals surface area contributed by atoms with Gasteiger partial charge in [-0.05, 0) is 25.2 Å². The van der Waals surface area contributed by atoms with Crippen LogP contribution in [0.4, 0.5) is 0 Å². The van der Waals surface area contributed by atoms with Gasteiger partial charge in [-0.1, -0.05) is 51.3 Å². The SMILES string of the molecule is C=CC(/C=C/CCCCCC)CC. The highest BCUT2D eigenvalue weighted by Gasteiger charge is 1.92. The molecule has 0 radical (unpaired) electrons. The maximum Gasteiger partial charge on any atom is -0.00588 e. The molecule has 0 N–H and O–H groups in total. The van der Waals surface area contributed by atoms with Crippen LogP contribution in [0.15, 0.2) is 24.8 Å². The molecule has 0 saturated heterocycles. The van der Waals surface area contributed by atoms with E-state index in [1.807, 2.05) is 6.08 Å². The summed E-state index contributed by atoms with van der Waals surface area (Å²) in [5.74, 6) is 0.589. The van der Waals surface area contributed by atoms with Crippen LogP contribution in [0.5, 0.6) is 0 Å². The first kappa shape index (κ1) is 12.5. The van der Waals surface area contributed by atoms with Crippen molar-refractivity contribution in [3.8, 4) is 0 Å². The third-order valence-corrected chi connectivity index (χ3v) is 2.38. The van der Waals surface area contributed by atoms with E-state index in [2.05, 4.69) is 32.6 Å². The largest absolute Gasteiger partial charge is 0.102 e. The molecule has 13 heavy (non-hydrogen) atoms. The fourth-order valence-electron chi connectivity index (χ4n) is 1.34. The zero-order valence-corrected chi connectivity index (χ0v) is 9.26. The summed E-state index contributed by atoms with van der Waals surface area (Å²) in [7, 11) is 0. The molecule has 0 heterocycles. The molecule has 1 atom stereocenters. The average molecular weight is 180 g/mol. The van der Waals surface area contributed by atoms with Gasteiger partial charge in [-0.15, -0.1) is 6.58 Å². The lowest BCUT2D eigenvalue weighted by molar-refractivity contribution is 0.671. The van der Waals surface area contributed by atoms with E-state index in [1.54, 1.807) is 0 Å². The van der Waals surface area contributed by atoms with Crippen molar-refractivity contribution >= 4 is 0 Å². The van der Waals surface area contributed by atoms with Crippen molar-refractivity contribution in [3.63, 3.8) is 0 Å². The lowest BCUT2D eigenvalue weighted by atomic mass is 10.1. The van der Waals surface area contributed by atoms with Gasteiger partial charge in [0, 0.05) is 0 Å². The van der Waals surface area contributed by atoms with Gasteiger partial charge in [-0.3, -0.25) is 0 Å². The molecule has 0 saturated carbocycles. The average Bonchev–Trinajstić information content (AvgIpc) is 2.17. The molecule has 0 aromatic carbocycles. The quantitative estimate of drug-likeness (QED) is 0.374. The number of rotatable bonds is 8. The van der Waals surface area contributed by atoms with Crippen molar-refractivity contribution in [1.82, 2.24) is 0 Å². The van der Waals surface area contributed by atoms with E-state index in [-0.39, 0.29) is 0 Å². The minimum Gasteiger partial charge on any atom is -0.102 e. The lowest BCUT2D eigenvalue weighted by Gasteiger charge is -2.01. The van der Waals surface area contributed by atoms with Crippen LogP contribution < -0.4 is 0 Å². The van der Waals surface area contributed by atoms with Crippen LogP contribution in [0.1, 0.15) is 52.4 Å². The van der Waals surface area contributed by atoms with Crippen LogP contribution in [-0.2, 0) is 0 Å². The monoisotopic (exact) mass is 180 g/mol. The summed E-state index contributed by atoms with van der Waals surface area (Å²) in [6, 6.07) is 0. The Balaban J connectivity index is 3.33. The van der Waals surface area contributed by atoms with Gasteiger partial charge in [-0.2, -0.15) is 0 Å². The highest BCUT2D eigenvalue weighted by Crippen LogP contribution is 2.08. The third kappa shape index (κ3) is 7.83. The van der Waals surface area contributed by atoms with Crippen LogP contribution in [-0.4, -0.2) is 0 Å². The van der Waals surface area contributed by atoms with Gasteiger partial charge >= 0.3 is 0 Å². The zero-order valence-electron chi connectivity index (χ0n) is 9.26. The van der Waals surface area contributed by atoms with E-state index < -0.39 is 0 Å². The molecule has 0 aliphatic heterocycles. The number of hydrogen-bond acceptors (Lipinski definition) is 0. The third-order valence-electron chi connectivity index (χ3n) is 2.38. The first-order chi connectivity index (χ1) is 6.35. The minimum absolute atomic E-state index is 0.589. The first-order valence-electron chi connectivity index (χ1n) is 5.64. The normalized spacial score (nSPS) is 13.4. The van der Waals surface area contributed by atoms with Gasteiger partial charge < -0.3 is 0 Å². The standard InChI is InChI=1S/C13H24/c1-4-7-8-9-10-11-12-13(5-2)6-3/h5,11-13H,2,4,6-10H2,1,3H3/b12-11+. The second kappa shape index (κ2) is 9.57. The lowest BCUT2D eigenvalue weighted by Crippen LogP contribution is -1.86. The molecular weight excluding hydrogens is 156 g/mol. The summed E-state index contributed by atoms with van der Waals surface area (Å²) in [6.45, 7) is 8.26. The number of hydrogen-bond donors (Lipinski definition) is 0. The predicted octanol–water partition coefficient (Wildman–Crippen LogP) is 4.73. The van der Waals surface area contributed by atoms with E-state index in [4.69, 9.17) is 0 Å². The Morgan fingerprint density at radius 1 is 1.15 bits per heavy atom. The maximum atomic E-state index is 3.81. The number of unbranched alkanes of at least 4 members (excludes halogenated alkanes) is 4. The molecule has 0 aromatic heterocycles. The van der Waals surface area contributed by atoms with Crippen molar-refractivity contribution < 1.29 is 0 Å². The molecule has 0 bridgehead atoms. The van der Waals surface area contributed by atoms with Crippen LogP contribution in [0.3, 0.4) is 0 Å². The van der Waals surface area contributed by atoms with Crippen LogP contribution in [0.2, 0.25) is 0 Å². The Hall–Kier alpha value is -0.520. The number of allylic oxidation sites excluding steroid dienone is 3. The molecule has 76 valence electrons. The molecule has 0 amide bonds. The fraction of sp³-hybridized carbons (Fsp3) is 0.692. The first-order valence-corrected chi connectivity index (χ1v) is 5.64. The van der Waals surface area contributed by atoms with E-state index in [9.17, 15) is 0 Å². The van der Waals surface area contributed by atoms with Crippen LogP contribution in [0.25, 0.3) is 0 Å². The van der Waals surface area contributed by atoms with Gasteiger partial charge in [0.1, 0.15) is 0 Å². The summed E-state index contributed by atoms with van der Waals surface area (Å²) in [5.41, 5.74) is 0. The summed E-state index contributed by atoms with van der Waals surface area (Å²) in [4.78, 5) is 0. The van der Waals surface area contributed by atoms with Gasteiger partial charge in [0.2, 0.25) is 0 Å². The summed E-state index contributed by atoms with van der Waals surface area (Å²) < 4.78 is 0. The Kier molecular flexibility index (Phi) is 9.18. The molecule has 0 aliphatic carbocycles. The van der Waals surface area contributed by atoms with Gasteiger partial charge in [0.25, 0.3) is 0 Å². The van der Waals surface area contributed by atoms with E-state index in [0.29, 0.717) is 5.92 Å². The molecule has 0 spiro atoms. The van der Waals surface area contributed by atoms with E-state index >= 15 is 0 Å². The minimum atomic E-state index is 0.589.